The van der Waals surface area contributed by atoms with Crippen molar-refractivity contribution in [2.24, 2.45) is 5.73 Å². The topological polar surface area (TPSA) is 29.3 Å². The van der Waals surface area contributed by atoms with Gasteiger partial charge in [-0.05, 0) is 69.4 Å². The fourth-order valence-electron chi connectivity index (χ4n) is 5.06. The molecule has 0 aliphatic rings. The molecule has 0 aliphatic heterocycles. The number of rotatable bonds is 10. The molecule has 5 rings (SSSR count). The summed E-state index contributed by atoms with van der Waals surface area (Å²) in [7, 11) is 0. The van der Waals surface area contributed by atoms with Crippen LogP contribution in [0, 0.1) is 0 Å². The fourth-order valence-corrected chi connectivity index (χ4v) is 5.06. The first-order valence-electron chi connectivity index (χ1n) is 12.0. The summed E-state index contributed by atoms with van der Waals surface area (Å²) in [6.07, 6.45) is 4.84. The van der Waals surface area contributed by atoms with E-state index in [2.05, 4.69) is 89.8 Å². The van der Waals surface area contributed by atoms with Gasteiger partial charge in [0.05, 0.1) is 0 Å². The van der Waals surface area contributed by atoms with Crippen molar-refractivity contribution < 1.29 is 0 Å². The van der Waals surface area contributed by atoms with Gasteiger partial charge >= 0.3 is 0 Å². The molecule has 5 aromatic rings. The van der Waals surface area contributed by atoms with E-state index < -0.39 is 0 Å². The van der Waals surface area contributed by atoms with Crippen molar-refractivity contribution in [2.75, 3.05) is 13.1 Å². The summed E-state index contributed by atoms with van der Waals surface area (Å²) in [6.45, 7) is 3.87. The smallest absolute Gasteiger partial charge is 0.0243 e. The van der Waals surface area contributed by atoms with Crippen LogP contribution in [0.15, 0.2) is 84.9 Å². The van der Waals surface area contributed by atoms with E-state index in [1.54, 1.807) is 0 Å². The molecule has 32 heavy (non-hydrogen) atoms. The summed E-state index contributed by atoms with van der Waals surface area (Å²) in [4.78, 5) is 2.62. The minimum Gasteiger partial charge on any atom is -0.330 e. The van der Waals surface area contributed by atoms with E-state index in [9.17, 15) is 0 Å². The molecule has 0 heterocycles. The molecular weight excluding hydrogens is 388 g/mol. The maximum atomic E-state index is 5.68. The molecule has 0 saturated carbocycles. The zero-order valence-corrected chi connectivity index (χ0v) is 18.8. The lowest BCUT2D eigenvalue weighted by atomic mass is 9.92. The van der Waals surface area contributed by atoms with Crippen molar-refractivity contribution in [3.05, 3.63) is 96.1 Å². The molecule has 0 amide bonds. The van der Waals surface area contributed by atoms with E-state index in [0.717, 1.165) is 32.6 Å². The van der Waals surface area contributed by atoms with E-state index in [4.69, 9.17) is 5.73 Å². The maximum Gasteiger partial charge on any atom is 0.0243 e. The highest BCUT2D eigenvalue weighted by Gasteiger charge is 2.13. The molecule has 0 aromatic heterocycles. The molecule has 0 saturated heterocycles. The second-order valence-electron chi connectivity index (χ2n) is 8.98. The van der Waals surface area contributed by atoms with Crippen LogP contribution in [0.4, 0.5) is 0 Å². The Morgan fingerprint density at radius 2 is 1.25 bits per heavy atom. The van der Waals surface area contributed by atoms with Crippen molar-refractivity contribution in [2.45, 2.75) is 38.8 Å². The summed E-state index contributed by atoms with van der Waals surface area (Å²) >= 11 is 0. The van der Waals surface area contributed by atoms with Crippen molar-refractivity contribution in [3.8, 4) is 0 Å². The molecular formula is C30H32N2. The van der Waals surface area contributed by atoms with Crippen LogP contribution in [-0.4, -0.2) is 18.0 Å². The van der Waals surface area contributed by atoms with Crippen LogP contribution in [0.5, 0.6) is 0 Å². The quantitative estimate of drug-likeness (QED) is 0.193. The summed E-state index contributed by atoms with van der Waals surface area (Å²) in [6, 6.07) is 31.3. The van der Waals surface area contributed by atoms with E-state index in [1.165, 1.54) is 62.7 Å². The standard InChI is InChI=1S/C30H32N2/c31-19-6-1-2-7-20-32(21-23-9-4-3-5-10-23)22-27-16-15-26-14-13-24-11-8-12-25-17-18-28(27)30(26)29(24)25/h3-5,8-18H,1-2,6-7,19-22,31H2. The van der Waals surface area contributed by atoms with Crippen molar-refractivity contribution in [1.29, 1.82) is 0 Å². The largest absolute Gasteiger partial charge is 0.330 e. The van der Waals surface area contributed by atoms with Crippen molar-refractivity contribution >= 4 is 32.3 Å². The van der Waals surface area contributed by atoms with Crippen LogP contribution in [0.2, 0.25) is 0 Å². The number of unbranched alkanes of at least 4 members (excludes halogenated alkanes) is 3. The minimum atomic E-state index is 0.802. The van der Waals surface area contributed by atoms with Gasteiger partial charge in [0.25, 0.3) is 0 Å². The minimum absolute atomic E-state index is 0.802. The summed E-state index contributed by atoms with van der Waals surface area (Å²) in [5.74, 6) is 0. The van der Waals surface area contributed by atoms with Gasteiger partial charge in [0.2, 0.25) is 0 Å². The van der Waals surface area contributed by atoms with Crippen LogP contribution < -0.4 is 5.73 Å². The average molecular weight is 421 g/mol. The molecule has 0 fully saturated rings. The highest BCUT2D eigenvalue weighted by molar-refractivity contribution is 6.23. The second kappa shape index (κ2) is 9.68. The lowest BCUT2D eigenvalue weighted by Crippen LogP contribution is -2.24. The summed E-state index contributed by atoms with van der Waals surface area (Å²) in [5, 5.41) is 8.22. The number of nitrogens with zero attached hydrogens (tertiary/aromatic N) is 1. The fraction of sp³-hybridized carbons (Fsp3) is 0.267. The van der Waals surface area contributed by atoms with Crippen LogP contribution in [0.25, 0.3) is 32.3 Å². The predicted octanol–water partition coefficient (Wildman–Crippen LogP) is 7.11. The average Bonchev–Trinajstić information content (AvgIpc) is 2.84. The van der Waals surface area contributed by atoms with Crippen molar-refractivity contribution in [3.63, 3.8) is 0 Å². The SMILES string of the molecule is NCCCCCCN(Cc1ccccc1)Cc1ccc2ccc3cccc4ccc1c2c34. The molecule has 2 N–H and O–H groups in total. The van der Waals surface area contributed by atoms with Gasteiger partial charge in [0.1, 0.15) is 0 Å². The maximum absolute atomic E-state index is 5.68. The Morgan fingerprint density at radius 1 is 0.562 bits per heavy atom. The van der Waals surface area contributed by atoms with E-state index in [-0.39, 0.29) is 0 Å². The highest BCUT2D eigenvalue weighted by Crippen LogP contribution is 2.36. The van der Waals surface area contributed by atoms with Crippen LogP contribution in [0.1, 0.15) is 36.8 Å². The van der Waals surface area contributed by atoms with Gasteiger partial charge in [0, 0.05) is 13.1 Å². The first kappa shape index (κ1) is 20.9. The van der Waals surface area contributed by atoms with Gasteiger partial charge in [-0.1, -0.05) is 97.8 Å². The zero-order valence-electron chi connectivity index (χ0n) is 18.8. The van der Waals surface area contributed by atoms with Gasteiger partial charge in [-0.3, -0.25) is 4.90 Å². The summed E-state index contributed by atoms with van der Waals surface area (Å²) in [5.41, 5.74) is 8.49. The molecule has 0 radical (unpaired) electrons. The predicted molar refractivity (Wildman–Crippen MR) is 138 cm³/mol. The number of nitrogens with two attached hydrogens (primary N) is 1. The zero-order chi connectivity index (χ0) is 21.8. The third-order valence-electron chi connectivity index (χ3n) is 6.69. The first-order chi connectivity index (χ1) is 15.8. The molecule has 162 valence electrons. The lowest BCUT2D eigenvalue weighted by Gasteiger charge is -2.24. The Morgan fingerprint density at radius 3 is 2.03 bits per heavy atom. The van der Waals surface area contributed by atoms with Gasteiger partial charge in [-0.25, -0.2) is 0 Å². The number of hydrogen-bond donors (Lipinski definition) is 1. The van der Waals surface area contributed by atoms with Gasteiger partial charge < -0.3 is 5.73 Å². The Hall–Kier alpha value is -2.94. The molecule has 2 nitrogen and oxygen atoms in total. The Kier molecular flexibility index (Phi) is 6.34. The number of hydrogen-bond acceptors (Lipinski definition) is 2. The van der Waals surface area contributed by atoms with E-state index >= 15 is 0 Å². The Balaban J connectivity index is 1.47. The third-order valence-corrected chi connectivity index (χ3v) is 6.69. The van der Waals surface area contributed by atoms with Crippen LogP contribution in [-0.2, 0) is 13.1 Å². The molecule has 0 spiro atoms. The first-order valence-corrected chi connectivity index (χ1v) is 12.0. The molecule has 0 atom stereocenters. The Bertz CT molecular complexity index is 1280. The molecule has 0 bridgehead atoms. The van der Waals surface area contributed by atoms with Gasteiger partial charge in [0.15, 0.2) is 0 Å². The number of benzene rings is 5. The van der Waals surface area contributed by atoms with E-state index in [1.807, 2.05) is 0 Å². The highest BCUT2D eigenvalue weighted by atomic mass is 15.1. The van der Waals surface area contributed by atoms with Gasteiger partial charge in [-0.15, -0.1) is 0 Å². The lowest BCUT2D eigenvalue weighted by molar-refractivity contribution is 0.251. The second-order valence-corrected chi connectivity index (χ2v) is 8.98. The van der Waals surface area contributed by atoms with Crippen LogP contribution >= 0.6 is 0 Å². The van der Waals surface area contributed by atoms with Gasteiger partial charge in [-0.2, -0.15) is 0 Å². The normalized spacial score (nSPS) is 11.9. The summed E-state index contributed by atoms with van der Waals surface area (Å²) < 4.78 is 0. The molecule has 5 aromatic carbocycles. The van der Waals surface area contributed by atoms with Crippen LogP contribution in [0.3, 0.4) is 0 Å². The third kappa shape index (κ3) is 4.34. The monoisotopic (exact) mass is 420 g/mol. The Labute approximate surface area is 191 Å². The molecule has 0 aliphatic carbocycles. The van der Waals surface area contributed by atoms with Crippen molar-refractivity contribution in [1.82, 2.24) is 4.90 Å². The molecule has 2 heteroatoms. The van der Waals surface area contributed by atoms with E-state index in [0.29, 0.717) is 0 Å². The molecule has 0 unspecified atom stereocenters.